The SMILES string of the molecule is C[C@H](c1ccccc1)n1ncn(-c2ccc(N3CCN([C@H](C(=O)O)c4ccccc4)CC3)cc2)c1=O. The van der Waals surface area contributed by atoms with Crippen LogP contribution in [0.15, 0.2) is 96.1 Å². The Hall–Kier alpha value is -4.17. The largest absolute Gasteiger partial charge is 0.480 e. The molecule has 8 heteroatoms. The minimum absolute atomic E-state index is 0.166. The van der Waals surface area contributed by atoms with Crippen LogP contribution in [0.3, 0.4) is 0 Å². The van der Waals surface area contributed by atoms with Crippen LogP contribution in [0.1, 0.15) is 30.1 Å². The third-order valence-corrected chi connectivity index (χ3v) is 6.86. The van der Waals surface area contributed by atoms with Gasteiger partial charge in [-0.25, -0.2) is 14.0 Å². The van der Waals surface area contributed by atoms with Gasteiger partial charge in [0.2, 0.25) is 0 Å². The van der Waals surface area contributed by atoms with Crippen molar-refractivity contribution in [1.82, 2.24) is 19.2 Å². The zero-order valence-electron chi connectivity index (χ0n) is 20.1. The number of carbonyl (C=O) groups is 1. The maximum Gasteiger partial charge on any atom is 0.350 e. The Morgan fingerprint density at radius 2 is 1.36 bits per heavy atom. The Morgan fingerprint density at radius 1 is 0.806 bits per heavy atom. The number of carboxylic acids is 1. The van der Waals surface area contributed by atoms with Crippen molar-refractivity contribution in [3.8, 4) is 5.69 Å². The molecule has 5 rings (SSSR count). The molecule has 2 atom stereocenters. The highest BCUT2D eigenvalue weighted by molar-refractivity contribution is 5.75. The van der Waals surface area contributed by atoms with E-state index < -0.39 is 12.0 Å². The van der Waals surface area contributed by atoms with Gasteiger partial charge >= 0.3 is 11.7 Å². The van der Waals surface area contributed by atoms with Crippen molar-refractivity contribution >= 4 is 11.7 Å². The van der Waals surface area contributed by atoms with Crippen LogP contribution < -0.4 is 10.6 Å². The zero-order valence-corrected chi connectivity index (χ0v) is 20.1. The Bertz CT molecular complexity index is 1360. The highest BCUT2D eigenvalue weighted by Crippen LogP contribution is 2.25. The fraction of sp³-hybridized carbons (Fsp3) is 0.250. The predicted molar refractivity (Wildman–Crippen MR) is 139 cm³/mol. The van der Waals surface area contributed by atoms with Crippen molar-refractivity contribution in [3.63, 3.8) is 0 Å². The standard InChI is InChI=1S/C28H29N5O3/c1-21(22-8-4-2-5-9-22)33-28(36)32(20-29-33)25-14-12-24(13-15-25)30-16-18-31(19-17-30)26(27(34)35)23-10-6-3-7-11-23/h2-15,20-21,26H,16-19H2,1H3,(H,34,35)/t21-,26+/m1/s1. The van der Waals surface area contributed by atoms with Crippen molar-refractivity contribution in [2.45, 2.75) is 19.0 Å². The van der Waals surface area contributed by atoms with E-state index in [4.69, 9.17) is 0 Å². The molecule has 0 aliphatic carbocycles. The van der Waals surface area contributed by atoms with Gasteiger partial charge < -0.3 is 10.0 Å². The molecule has 1 N–H and O–H groups in total. The first-order valence-electron chi connectivity index (χ1n) is 12.1. The van der Waals surface area contributed by atoms with Crippen LogP contribution in [0, 0.1) is 0 Å². The summed E-state index contributed by atoms with van der Waals surface area (Å²) in [5.74, 6) is -0.827. The number of benzene rings is 3. The first-order chi connectivity index (χ1) is 17.5. The fourth-order valence-corrected chi connectivity index (χ4v) is 4.84. The van der Waals surface area contributed by atoms with E-state index in [-0.39, 0.29) is 11.7 Å². The lowest BCUT2D eigenvalue weighted by Gasteiger charge is -2.39. The summed E-state index contributed by atoms with van der Waals surface area (Å²) in [5, 5.41) is 14.2. The molecule has 3 aromatic carbocycles. The van der Waals surface area contributed by atoms with Crippen LogP contribution in [-0.2, 0) is 4.79 Å². The van der Waals surface area contributed by atoms with Crippen molar-refractivity contribution in [2.75, 3.05) is 31.1 Å². The van der Waals surface area contributed by atoms with Crippen molar-refractivity contribution in [3.05, 3.63) is 113 Å². The summed E-state index contributed by atoms with van der Waals surface area (Å²) in [7, 11) is 0. The molecule has 8 nitrogen and oxygen atoms in total. The van der Waals surface area contributed by atoms with Crippen LogP contribution >= 0.6 is 0 Å². The maximum atomic E-state index is 13.0. The van der Waals surface area contributed by atoms with Gasteiger partial charge in [0.25, 0.3) is 0 Å². The summed E-state index contributed by atoms with van der Waals surface area (Å²) in [6, 6.07) is 26.3. The maximum absolute atomic E-state index is 13.0. The molecule has 1 aromatic heterocycles. The molecular formula is C28H29N5O3. The molecule has 1 fully saturated rings. The smallest absolute Gasteiger partial charge is 0.350 e. The van der Waals surface area contributed by atoms with E-state index in [0.29, 0.717) is 13.1 Å². The van der Waals surface area contributed by atoms with Crippen molar-refractivity contribution in [1.29, 1.82) is 0 Å². The highest BCUT2D eigenvalue weighted by atomic mass is 16.4. The summed E-state index contributed by atoms with van der Waals surface area (Å²) in [6.07, 6.45) is 1.56. The Labute approximate surface area is 209 Å². The van der Waals surface area contributed by atoms with Gasteiger partial charge in [-0.05, 0) is 42.3 Å². The summed E-state index contributed by atoms with van der Waals surface area (Å²) in [4.78, 5) is 29.3. The van der Waals surface area contributed by atoms with Crippen LogP contribution in [0.2, 0.25) is 0 Å². The second-order valence-corrected chi connectivity index (χ2v) is 9.01. The molecule has 0 radical (unpaired) electrons. The first-order valence-corrected chi connectivity index (χ1v) is 12.1. The van der Waals surface area contributed by atoms with Gasteiger partial charge in [-0.2, -0.15) is 5.10 Å². The summed E-state index contributed by atoms with van der Waals surface area (Å²) < 4.78 is 3.05. The molecular weight excluding hydrogens is 454 g/mol. The number of anilines is 1. The first kappa shape index (κ1) is 23.6. The average molecular weight is 484 g/mol. The molecule has 0 amide bonds. The van der Waals surface area contributed by atoms with Gasteiger partial charge in [0, 0.05) is 31.9 Å². The lowest BCUT2D eigenvalue weighted by molar-refractivity contribution is -0.143. The molecule has 0 unspecified atom stereocenters. The van der Waals surface area contributed by atoms with E-state index in [9.17, 15) is 14.7 Å². The summed E-state index contributed by atoms with van der Waals surface area (Å²) >= 11 is 0. The normalized spacial score (nSPS) is 16.0. The topological polar surface area (TPSA) is 83.6 Å². The highest BCUT2D eigenvalue weighted by Gasteiger charge is 2.30. The number of aliphatic carboxylic acids is 1. The second kappa shape index (κ2) is 10.2. The second-order valence-electron chi connectivity index (χ2n) is 9.01. The Balaban J connectivity index is 1.27. The molecule has 0 spiro atoms. The number of carboxylic acid groups (broad SMARTS) is 1. The van der Waals surface area contributed by atoms with E-state index in [1.165, 1.54) is 4.68 Å². The monoisotopic (exact) mass is 483 g/mol. The molecule has 1 saturated heterocycles. The Morgan fingerprint density at radius 3 is 1.94 bits per heavy atom. The van der Waals surface area contributed by atoms with Crippen molar-refractivity contribution in [2.24, 2.45) is 0 Å². The Kier molecular flexibility index (Phi) is 6.69. The van der Waals surface area contributed by atoms with Crippen LogP contribution in [0.5, 0.6) is 0 Å². The quantitative estimate of drug-likeness (QED) is 0.433. The summed E-state index contributed by atoms with van der Waals surface area (Å²) in [5.41, 5.74) is 3.44. The predicted octanol–water partition coefficient (Wildman–Crippen LogP) is 3.59. The molecule has 4 aromatic rings. The van der Waals surface area contributed by atoms with Crippen LogP contribution in [-0.4, -0.2) is 56.5 Å². The van der Waals surface area contributed by atoms with Gasteiger partial charge in [0.15, 0.2) is 0 Å². The minimum Gasteiger partial charge on any atom is -0.480 e. The van der Waals surface area contributed by atoms with Gasteiger partial charge in [0.1, 0.15) is 12.4 Å². The lowest BCUT2D eigenvalue weighted by Crippen LogP contribution is -2.49. The van der Waals surface area contributed by atoms with Crippen LogP contribution in [0.4, 0.5) is 5.69 Å². The lowest BCUT2D eigenvalue weighted by atomic mass is 10.0. The molecule has 1 aliphatic rings. The third-order valence-electron chi connectivity index (χ3n) is 6.86. The average Bonchev–Trinajstić information content (AvgIpc) is 3.31. The third kappa shape index (κ3) is 4.67. The molecule has 2 heterocycles. The van der Waals surface area contributed by atoms with Gasteiger partial charge in [-0.1, -0.05) is 60.7 Å². The molecule has 0 saturated carbocycles. The number of hydrogen-bond acceptors (Lipinski definition) is 5. The summed E-state index contributed by atoms with van der Waals surface area (Å²) in [6.45, 7) is 4.71. The molecule has 0 bridgehead atoms. The van der Waals surface area contributed by atoms with Crippen molar-refractivity contribution < 1.29 is 9.90 Å². The minimum atomic E-state index is -0.827. The van der Waals surface area contributed by atoms with Gasteiger partial charge in [-0.3, -0.25) is 9.69 Å². The van der Waals surface area contributed by atoms with E-state index in [0.717, 1.165) is 35.6 Å². The number of hydrogen-bond donors (Lipinski definition) is 1. The van der Waals surface area contributed by atoms with Gasteiger partial charge in [-0.15, -0.1) is 0 Å². The van der Waals surface area contributed by atoms with Crippen LogP contribution in [0.25, 0.3) is 5.69 Å². The van der Waals surface area contributed by atoms with E-state index in [1.807, 2.05) is 96.8 Å². The fourth-order valence-electron chi connectivity index (χ4n) is 4.84. The zero-order chi connectivity index (χ0) is 25.1. The molecule has 184 valence electrons. The molecule has 36 heavy (non-hydrogen) atoms. The number of rotatable bonds is 7. The van der Waals surface area contributed by atoms with E-state index in [1.54, 1.807) is 10.9 Å². The number of nitrogens with zero attached hydrogens (tertiary/aromatic N) is 5. The van der Waals surface area contributed by atoms with Gasteiger partial charge in [0.05, 0.1) is 11.7 Å². The molecule has 1 aliphatic heterocycles. The van der Waals surface area contributed by atoms with E-state index >= 15 is 0 Å². The number of aromatic nitrogens is 3. The number of piperazine rings is 1. The van der Waals surface area contributed by atoms with E-state index in [2.05, 4.69) is 10.00 Å².